The van der Waals surface area contributed by atoms with Crippen molar-refractivity contribution in [1.82, 2.24) is 0 Å². The van der Waals surface area contributed by atoms with Crippen molar-refractivity contribution in [2.45, 2.75) is 37.5 Å². The highest BCUT2D eigenvalue weighted by Gasteiger charge is 2.36. The van der Waals surface area contributed by atoms with Gasteiger partial charge < -0.3 is 11.1 Å². The highest BCUT2D eigenvalue weighted by atomic mass is 35.5. The minimum atomic E-state index is -4.96. The van der Waals surface area contributed by atoms with Crippen LogP contribution in [0.15, 0.2) is 36.4 Å². The molecule has 0 bridgehead atoms. The molecule has 0 radical (unpaired) electrons. The minimum Gasteiger partial charge on any atom is -0.370 e. The Hall–Kier alpha value is -2.26. The fourth-order valence-electron chi connectivity index (χ4n) is 2.99. The molecule has 0 saturated carbocycles. The average molecular weight is 485 g/mol. The van der Waals surface area contributed by atoms with E-state index in [-0.39, 0.29) is 46.6 Å². The summed E-state index contributed by atoms with van der Waals surface area (Å²) in [5.74, 6) is -1.58. The first-order valence-electron chi connectivity index (χ1n) is 8.77. The molecule has 0 fully saturated rings. The summed E-state index contributed by atoms with van der Waals surface area (Å²) < 4.78 is 78.1. The second kappa shape index (κ2) is 9.48. The third-order valence-electron chi connectivity index (χ3n) is 4.50. The Kier molecular flexibility index (Phi) is 7.65. The molecular formula is C20H16Cl2F6N2O. The van der Waals surface area contributed by atoms with E-state index in [4.69, 9.17) is 34.3 Å². The van der Waals surface area contributed by atoms with Gasteiger partial charge in [-0.05, 0) is 54.3 Å². The zero-order chi connectivity index (χ0) is 23.6. The van der Waals surface area contributed by atoms with Gasteiger partial charge in [0.1, 0.15) is 0 Å². The van der Waals surface area contributed by atoms with Gasteiger partial charge >= 0.3 is 12.4 Å². The van der Waals surface area contributed by atoms with Gasteiger partial charge in [0, 0.05) is 18.1 Å². The summed E-state index contributed by atoms with van der Waals surface area (Å²) >= 11 is 11.8. The number of benzene rings is 2. The minimum absolute atomic E-state index is 0.0421. The van der Waals surface area contributed by atoms with Crippen LogP contribution >= 0.6 is 23.2 Å². The van der Waals surface area contributed by atoms with Gasteiger partial charge in [-0.1, -0.05) is 29.3 Å². The predicted octanol–water partition coefficient (Wildman–Crippen LogP) is 6.64. The number of carbonyl (C=O) groups is 1. The molecule has 0 aliphatic heterocycles. The highest BCUT2D eigenvalue weighted by Crippen LogP contribution is 2.37. The van der Waals surface area contributed by atoms with Gasteiger partial charge in [0.25, 0.3) is 0 Å². The highest BCUT2D eigenvalue weighted by molar-refractivity contribution is 6.42. The topological polar surface area (TPSA) is 66.9 Å². The lowest BCUT2D eigenvalue weighted by Crippen LogP contribution is -2.21. The Morgan fingerprint density at radius 3 is 1.94 bits per heavy atom. The number of hydrogen-bond acceptors (Lipinski definition) is 2. The quantitative estimate of drug-likeness (QED) is 0.335. The fourth-order valence-corrected chi connectivity index (χ4v) is 3.30. The number of primary amides is 1. The standard InChI is InChI=1S/C20H16Cl2F6N2O/c21-15-3-2-11(7-16(15)22)14(9-18(30)31)17(29)4-1-10-5-12(19(23,24)25)8-13(6-10)20(26,27)28/h2-3,5-8,14,29H,1,4,9H2,(H2,30,31). The maximum absolute atomic E-state index is 13.0. The summed E-state index contributed by atoms with van der Waals surface area (Å²) in [5.41, 5.74) is 2.47. The Labute approximate surface area is 183 Å². The summed E-state index contributed by atoms with van der Waals surface area (Å²) in [5, 5.41) is 8.67. The van der Waals surface area contributed by atoms with Gasteiger partial charge in [-0.15, -0.1) is 0 Å². The van der Waals surface area contributed by atoms with Crippen molar-refractivity contribution in [2.75, 3.05) is 0 Å². The smallest absolute Gasteiger partial charge is 0.370 e. The summed E-state index contributed by atoms with van der Waals surface area (Å²) in [7, 11) is 0. The molecule has 0 heterocycles. The molecular weight excluding hydrogens is 469 g/mol. The van der Waals surface area contributed by atoms with Crippen molar-refractivity contribution >= 4 is 34.8 Å². The van der Waals surface area contributed by atoms with E-state index >= 15 is 0 Å². The predicted molar refractivity (Wildman–Crippen MR) is 106 cm³/mol. The third-order valence-corrected chi connectivity index (χ3v) is 5.24. The maximum atomic E-state index is 13.0. The Balaban J connectivity index is 2.31. The SMILES string of the molecule is N=C(CCc1cc(C(F)(F)F)cc(C(F)(F)F)c1)C(CC(N)=O)c1ccc(Cl)c(Cl)c1. The van der Waals surface area contributed by atoms with Crippen LogP contribution in [0.2, 0.25) is 10.0 Å². The monoisotopic (exact) mass is 484 g/mol. The van der Waals surface area contributed by atoms with Crippen molar-refractivity contribution in [3.63, 3.8) is 0 Å². The molecule has 1 unspecified atom stereocenters. The summed E-state index contributed by atoms with van der Waals surface area (Å²) in [6.07, 6.45) is -10.7. The van der Waals surface area contributed by atoms with Gasteiger partial charge in [0.2, 0.25) is 5.91 Å². The number of hydrogen-bond donors (Lipinski definition) is 2. The van der Waals surface area contributed by atoms with Gasteiger partial charge in [0.05, 0.1) is 21.2 Å². The molecule has 2 aromatic carbocycles. The first-order valence-corrected chi connectivity index (χ1v) is 9.53. The first kappa shape index (κ1) is 25.0. The number of halogens is 8. The van der Waals surface area contributed by atoms with E-state index in [1.807, 2.05) is 0 Å². The van der Waals surface area contributed by atoms with E-state index < -0.39 is 35.3 Å². The number of rotatable bonds is 7. The van der Waals surface area contributed by atoms with Crippen LogP contribution < -0.4 is 5.73 Å². The molecule has 168 valence electrons. The van der Waals surface area contributed by atoms with Gasteiger partial charge in [-0.3, -0.25) is 4.79 Å². The lowest BCUT2D eigenvalue weighted by Gasteiger charge is -2.19. The molecule has 3 nitrogen and oxygen atoms in total. The van der Waals surface area contributed by atoms with E-state index in [2.05, 4.69) is 0 Å². The molecule has 0 aliphatic carbocycles. The molecule has 1 atom stereocenters. The van der Waals surface area contributed by atoms with Crippen molar-refractivity contribution < 1.29 is 31.1 Å². The van der Waals surface area contributed by atoms with Crippen LogP contribution in [0.4, 0.5) is 26.3 Å². The third kappa shape index (κ3) is 6.87. The second-order valence-electron chi connectivity index (χ2n) is 6.84. The molecule has 1 amide bonds. The van der Waals surface area contributed by atoms with Gasteiger partial charge in [-0.2, -0.15) is 26.3 Å². The zero-order valence-corrected chi connectivity index (χ0v) is 17.2. The summed E-state index contributed by atoms with van der Waals surface area (Å²) in [6.45, 7) is 0. The molecule has 0 saturated heterocycles. The van der Waals surface area contributed by atoms with Crippen molar-refractivity contribution in [3.8, 4) is 0 Å². The van der Waals surface area contributed by atoms with Crippen molar-refractivity contribution in [2.24, 2.45) is 5.73 Å². The van der Waals surface area contributed by atoms with E-state index in [0.717, 1.165) is 0 Å². The number of nitrogens with two attached hydrogens (primary N) is 1. The van der Waals surface area contributed by atoms with Crippen LogP contribution in [0.3, 0.4) is 0 Å². The maximum Gasteiger partial charge on any atom is 0.416 e. The van der Waals surface area contributed by atoms with Crippen LogP contribution in [0.5, 0.6) is 0 Å². The number of carbonyl (C=O) groups excluding carboxylic acids is 1. The molecule has 0 spiro atoms. The number of nitrogens with one attached hydrogen (secondary N) is 1. The zero-order valence-electron chi connectivity index (χ0n) is 15.7. The van der Waals surface area contributed by atoms with Gasteiger partial charge in [-0.25, -0.2) is 0 Å². The molecule has 31 heavy (non-hydrogen) atoms. The van der Waals surface area contributed by atoms with Crippen molar-refractivity contribution in [3.05, 3.63) is 68.7 Å². The van der Waals surface area contributed by atoms with E-state index in [1.54, 1.807) is 0 Å². The lowest BCUT2D eigenvalue weighted by atomic mass is 9.87. The summed E-state index contributed by atoms with van der Waals surface area (Å²) in [4.78, 5) is 11.4. The molecule has 2 rings (SSSR count). The Morgan fingerprint density at radius 1 is 0.935 bits per heavy atom. The van der Waals surface area contributed by atoms with Crippen LogP contribution in [0.1, 0.15) is 41.0 Å². The Morgan fingerprint density at radius 2 is 1.48 bits per heavy atom. The molecule has 2 aromatic rings. The first-order chi connectivity index (χ1) is 14.2. The summed E-state index contributed by atoms with van der Waals surface area (Å²) in [6, 6.07) is 5.67. The van der Waals surface area contributed by atoms with E-state index in [1.165, 1.54) is 18.2 Å². The largest absolute Gasteiger partial charge is 0.416 e. The molecule has 0 aliphatic rings. The van der Waals surface area contributed by atoms with E-state index in [9.17, 15) is 31.1 Å². The Bertz CT molecular complexity index is 956. The van der Waals surface area contributed by atoms with Gasteiger partial charge in [0.15, 0.2) is 0 Å². The van der Waals surface area contributed by atoms with Crippen LogP contribution in [0, 0.1) is 5.41 Å². The fraction of sp³-hybridized carbons (Fsp3) is 0.300. The normalized spacial score (nSPS) is 13.2. The van der Waals surface area contributed by atoms with E-state index in [0.29, 0.717) is 17.7 Å². The average Bonchev–Trinajstić information content (AvgIpc) is 2.64. The lowest BCUT2D eigenvalue weighted by molar-refractivity contribution is -0.143. The second-order valence-corrected chi connectivity index (χ2v) is 7.65. The van der Waals surface area contributed by atoms with Crippen molar-refractivity contribution in [1.29, 1.82) is 5.41 Å². The molecule has 11 heteroatoms. The number of alkyl halides is 6. The molecule has 0 aromatic heterocycles. The van der Waals surface area contributed by atoms with Crippen LogP contribution in [0.25, 0.3) is 0 Å². The number of aryl methyl sites for hydroxylation is 1. The number of amides is 1. The molecule has 3 N–H and O–H groups in total. The van der Waals surface area contributed by atoms with Crippen LogP contribution in [-0.2, 0) is 23.6 Å². The van der Waals surface area contributed by atoms with Crippen LogP contribution in [-0.4, -0.2) is 11.6 Å².